The van der Waals surface area contributed by atoms with Gasteiger partial charge in [-0.15, -0.1) is 0 Å². The fraction of sp³-hybridized carbons (Fsp3) is 0.529. The van der Waals surface area contributed by atoms with Crippen molar-refractivity contribution >= 4 is 7.12 Å². The van der Waals surface area contributed by atoms with Crippen molar-refractivity contribution in [3.8, 4) is 5.75 Å². The lowest BCUT2D eigenvalue weighted by Gasteiger charge is -2.32. The van der Waals surface area contributed by atoms with E-state index in [0.717, 1.165) is 0 Å². The Labute approximate surface area is 136 Å². The smallest absolute Gasteiger partial charge is 0.481 e. The minimum absolute atomic E-state index is 0.0652. The molecule has 0 aliphatic carbocycles. The van der Waals surface area contributed by atoms with Gasteiger partial charge in [0.2, 0.25) is 0 Å². The van der Waals surface area contributed by atoms with Gasteiger partial charge in [0, 0.05) is 0 Å². The van der Waals surface area contributed by atoms with Crippen LogP contribution in [0.1, 0.15) is 41.5 Å². The molecule has 1 aromatic carbocycles. The van der Waals surface area contributed by atoms with Crippen molar-refractivity contribution in [3.05, 3.63) is 41.9 Å². The Morgan fingerprint density at radius 2 is 1.65 bits per heavy atom. The van der Waals surface area contributed by atoms with Crippen LogP contribution in [0, 0.1) is 5.82 Å². The van der Waals surface area contributed by atoms with E-state index in [0.29, 0.717) is 0 Å². The van der Waals surface area contributed by atoms with Crippen molar-refractivity contribution in [1.29, 1.82) is 0 Å². The molecule has 0 spiro atoms. The first kappa shape index (κ1) is 18.0. The minimum Gasteiger partial charge on any atom is -0.481 e. The summed E-state index contributed by atoms with van der Waals surface area (Å²) in [4.78, 5) is 0. The van der Waals surface area contributed by atoms with Crippen LogP contribution < -0.4 is 4.74 Å². The first-order valence-corrected chi connectivity index (χ1v) is 7.61. The van der Waals surface area contributed by atoms with E-state index in [1.165, 1.54) is 18.2 Å². The van der Waals surface area contributed by atoms with E-state index in [1.807, 2.05) is 27.7 Å². The molecular formula is C17H23BF2O3. The molecule has 1 aliphatic rings. The number of benzene rings is 1. The van der Waals surface area contributed by atoms with E-state index in [-0.39, 0.29) is 5.75 Å². The van der Waals surface area contributed by atoms with E-state index in [1.54, 1.807) is 26.0 Å². The van der Waals surface area contributed by atoms with Gasteiger partial charge in [0.15, 0.2) is 11.6 Å². The van der Waals surface area contributed by atoms with Crippen LogP contribution in [0.25, 0.3) is 0 Å². The molecule has 0 atom stereocenters. The molecule has 0 amide bonds. The first-order valence-electron chi connectivity index (χ1n) is 7.61. The van der Waals surface area contributed by atoms with E-state index in [2.05, 4.69) is 0 Å². The van der Waals surface area contributed by atoms with Crippen molar-refractivity contribution in [2.45, 2.75) is 58.3 Å². The van der Waals surface area contributed by atoms with Gasteiger partial charge in [0.25, 0.3) is 0 Å². The Hall–Kier alpha value is -1.40. The third-order valence-corrected chi connectivity index (χ3v) is 4.17. The molecule has 23 heavy (non-hydrogen) atoms. The van der Waals surface area contributed by atoms with Gasteiger partial charge in [0.1, 0.15) is 11.3 Å². The van der Waals surface area contributed by atoms with Crippen LogP contribution in [0.4, 0.5) is 8.78 Å². The second-order valence-electron chi connectivity index (χ2n) is 7.25. The highest BCUT2D eigenvalue weighted by Gasteiger charge is 2.53. The van der Waals surface area contributed by atoms with Crippen LogP contribution in [0.15, 0.2) is 36.1 Å². The molecular weight excluding hydrogens is 301 g/mol. The lowest BCUT2D eigenvalue weighted by atomic mass is 9.85. The molecule has 3 nitrogen and oxygen atoms in total. The lowest BCUT2D eigenvalue weighted by Crippen LogP contribution is -2.41. The molecule has 0 saturated carbocycles. The molecule has 1 heterocycles. The van der Waals surface area contributed by atoms with Crippen LogP contribution in [-0.2, 0) is 9.31 Å². The quantitative estimate of drug-likeness (QED) is 0.765. The number of ether oxygens (including phenoxy) is 1. The molecule has 1 aliphatic heterocycles. The highest BCUT2D eigenvalue weighted by Crippen LogP contribution is 2.39. The number of rotatable bonds is 4. The lowest BCUT2D eigenvalue weighted by molar-refractivity contribution is 0.00578. The zero-order valence-electron chi connectivity index (χ0n) is 14.4. The third-order valence-electron chi connectivity index (χ3n) is 4.17. The maximum absolute atomic E-state index is 14.5. The number of halogens is 2. The maximum atomic E-state index is 14.5. The minimum atomic E-state index is -1.09. The van der Waals surface area contributed by atoms with Gasteiger partial charge in [-0.25, -0.2) is 8.78 Å². The van der Waals surface area contributed by atoms with Crippen molar-refractivity contribution in [2.75, 3.05) is 0 Å². The molecule has 126 valence electrons. The van der Waals surface area contributed by atoms with Gasteiger partial charge in [-0.1, -0.05) is 12.1 Å². The number of hydrogen-bond acceptors (Lipinski definition) is 3. The second kappa shape index (κ2) is 5.91. The summed E-state index contributed by atoms with van der Waals surface area (Å²) in [6.07, 6.45) is 1.25. The summed E-state index contributed by atoms with van der Waals surface area (Å²) >= 11 is 0. The topological polar surface area (TPSA) is 27.7 Å². The van der Waals surface area contributed by atoms with E-state index >= 15 is 0 Å². The van der Waals surface area contributed by atoms with Gasteiger partial charge in [0.05, 0.1) is 11.2 Å². The van der Waals surface area contributed by atoms with Gasteiger partial charge < -0.3 is 14.0 Å². The molecule has 2 rings (SSSR count). The van der Waals surface area contributed by atoms with Crippen molar-refractivity contribution in [2.24, 2.45) is 0 Å². The summed E-state index contributed by atoms with van der Waals surface area (Å²) in [6.45, 7) is 10.7. The van der Waals surface area contributed by atoms with Gasteiger partial charge >= 0.3 is 7.12 Å². The van der Waals surface area contributed by atoms with Crippen LogP contribution in [0.5, 0.6) is 5.75 Å². The van der Waals surface area contributed by atoms with Gasteiger partial charge in [-0.3, -0.25) is 0 Å². The summed E-state index contributed by atoms with van der Waals surface area (Å²) in [6, 6.07) is 6.01. The first-order chi connectivity index (χ1) is 10.4. The molecule has 1 fully saturated rings. The predicted molar refractivity (Wildman–Crippen MR) is 86.4 cm³/mol. The van der Waals surface area contributed by atoms with Gasteiger partial charge in [-0.05, 0) is 59.8 Å². The number of para-hydroxylation sites is 1. The summed E-state index contributed by atoms with van der Waals surface area (Å²) in [5, 5.41) is 0. The van der Waals surface area contributed by atoms with Crippen molar-refractivity contribution < 1.29 is 22.8 Å². The average Bonchev–Trinajstić information content (AvgIpc) is 2.61. The summed E-state index contributed by atoms with van der Waals surface area (Å²) in [5.74, 6) is -0.430. The van der Waals surface area contributed by atoms with Crippen LogP contribution in [0.2, 0.25) is 0 Å². The number of hydrogen-bond donors (Lipinski definition) is 0. The summed E-state index contributed by atoms with van der Waals surface area (Å²) in [5.41, 5.74) is -2.90. The molecule has 0 aromatic heterocycles. The predicted octanol–water partition coefficient (Wildman–Crippen LogP) is 4.47. The van der Waals surface area contributed by atoms with Crippen LogP contribution >= 0.6 is 0 Å². The van der Waals surface area contributed by atoms with Crippen LogP contribution in [-0.4, -0.2) is 23.9 Å². The van der Waals surface area contributed by atoms with Gasteiger partial charge in [-0.2, -0.15) is 0 Å². The summed E-state index contributed by atoms with van der Waals surface area (Å²) < 4.78 is 45.1. The van der Waals surface area contributed by atoms with Crippen molar-refractivity contribution in [3.63, 3.8) is 0 Å². The molecule has 6 heteroatoms. The highest BCUT2D eigenvalue weighted by molar-refractivity contribution is 6.53. The zero-order chi connectivity index (χ0) is 17.5. The fourth-order valence-corrected chi connectivity index (χ4v) is 2.20. The monoisotopic (exact) mass is 324 g/mol. The third kappa shape index (κ3) is 3.93. The van der Waals surface area contributed by atoms with E-state index in [4.69, 9.17) is 14.0 Å². The maximum Gasteiger partial charge on any atom is 0.525 e. The Balaban J connectivity index is 2.15. The normalized spacial score (nSPS) is 20.7. The van der Waals surface area contributed by atoms with Crippen LogP contribution in [0.3, 0.4) is 0 Å². The average molecular weight is 324 g/mol. The fourth-order valence-electron chi connectivity index (χ4n) is 2.20. The van der Waals surface area contributed by atoms with E-state index in [9.17, 15) is 8.78 Å². The van der Waals surface area contributed by atoms with Crippen molar-refractivity contribution in [1.82, 2.24) is 0 Å². The SMILES string of the molecule is CC(C)(C=C(F)B1OC(C)(C)C(C)(C)O1)Oc1ccccc1F. The molecule has 0 bridgehead atoms. The molecule has 0 unspecified atom stereocenters. The molecule has 1 saturated heterocycles. The highest BCUT2D eigenvalue weighted by atomic mass is 19.1. The standard InChI is InChI=1S/C17H23BF2O3/c1-15(2,21-13-10-8-7-9-12(13)19)11-14(20)18-22-16(3,4)17(5,6)23-18/h7-11H,1-6H3. The Bertz CT molecular complexity index is 596. The molecule has 0 radical (unpaired) electrons. The van der Waals surface area contributed by atoms with E-state index < -0.39 is 35.5 Å². The molecule has 1 aromatic rings. The summed E-state index contributed by atoms with van der Waals surface area (Å²) in [7, 11) is -1.09. The zero-order valence-corrected chi connectivity index (χ0v) is 14.4. The Kier molecular flexibility index (Phi) is 4.61. The molecule has 0 N–H and O–H groups in total. The second-order valence-corrected chi connectivity index (χ2v) is 7.25. The largest absolute Gasteiger partial charge is 0.525 e. The Morgan fingerprint density at radius 1 is 1.13 bits per heavy atom. The Morgan fingerprint density at radius 3 is 2.17 bits per heavy atom.